The van der Waals surface area contributed by atoms with E-state index in [0.29, 0.717) is 17.3 Å². The minimum Gasteiger partial charge on any atom is -0.497 e. The number of rotatable bonds is 10. The molecular weight excluding hydrogens is 420 g/mol. The van der Waals surface area contributed by atoms with E-state index < -0.39 is 4.92 Å². The molecule has 0 aliphatic rings. The maximum atomic E-state index is 11.5. The Hall–Kier alpha value is -3.66. The van der Waals surface area contributed by atoms with Crippen molar-refractivity contribution in [2.45, 2.75) is 13.3 Å². The van der Waals surface area contributed by atoms with Crippen LogP contribution in [0.5, 0.6) is 17.2 Å². The smallest absolute Gasteiger partial charge is 0.315 e. The van der Waals surface area contributed by atoms with Crippen molar-refractivity contribution in [3.63, 3.8) is 0 Å². The maximum absolute atomic E-state index is 11.5. The van der Waals surface area contributed by atoms with Gasteiger partial charge in [-0.2, -0.15) is 5.10 Å². The first-order chi connectivity index (χ1) is 15.0. The molecule has 0 fully saturated rings. The van der Waals surface area contributed by atoms with Gasteiger partial charge in [0.2, 0.25) is 10.9 Å². The number of anilines is 1. The molecule has 0 aliphatic carbocycles. The summed E-state index contributed by atoms with van der Waals surface area (Å²) in [6.45, 7) is 2.27. The van der Waals surface area contributed by atoms with Crippen LogP contribution < -0.4 is 19.6 Å². The molecule has 0 aliphatic heterocycles. The number of hydrogen-bond acceptors (Lipinski definition) is 9. The van der Waals surface area contributed by atoms with Crippen molar-refractivity contribution in [2.75, 3.05) is 26.3 Å². The number of nitrogens with zero attached hydrogens (tertiary/aromatic N) is 3. The minimum atomic E-state index is -0.500. The Balaban J connectivity index is 1.77. The largest absolute Gasteiger partial charge is 0.497 e. The molecule has 0 atom stereocenters. The van der Waals surface area contributed by atoms with Gasteiger partial charge in [-0.05, 0) is 24.6 Å². The molecule has 0 unspecified atom stereocenters. The molecule has 0 bridgehead atoms. The van der Waals surface area contributed by atoms with Gasteiger partial charge in [0.1, 0.15) is 5.75 Å². The van der Waals surface area contributed by atoms with Crippen LogP contribution in [0.15, 0.2) is 46.9 Å². The third-order valence-electron chi connectivity index (χ3n) is 4.17. The number of thiazole rings is 1. The molecule has 0 saturated heterocycles. The van der Waals surface area contributed by atoms with Crippen molar-refractivity contribution in [3.05, 3.63) is 57.5 Å². The number of nitro benzene ring substituents is 1. The topological polar surface area (TPSA) is 108 Å². The Morgan fingerprint density at radius 2 is 2.10 bits per heavy atom. The normalized spacial score (nSPS) is 10.8. The van der Waals surface area contributed by atoms with Crippen LogP contribution in [-0.4, -0.2) is 36.9 Å². The van der Waals surface area contributed by atoms with Gasteiger partial charge in [0, 0.05) is 22.6 Å². The van der Waals surface area contributed by atoms with Crippen LogP contribution in [0, 0.1) is 10.1 Å². The average Bonchev–Trinajstić information content (AvgIpc) is 3.26. The second-order valence-electron chi connectivity index (χ2n) is 6.32. The molecule has 0 radical (unpaired) electrons. The molecule has 1 heterocycles. The Bertz CT molecular complexity index is 1080. The van der Waals surface area contributed by atoms with Crippen LogP contribution in [0.25, 0.3) is 11.3 Å². The number of hydrogen-bond donors (Lipinski definition) is 1. The number of aromatic nitrogens is 1. The van der Waals surface area contributed by atoms with E-state index in [0.717, 1.165) is 23.4 Å². The van der Waals surface area contributed by atoms with Crippen molar-refractivity contribution < 1.29 is 19.1 Å². The van der Waals surface area contributed by atoms with E-state index >= 15 is 0 Å². The van der Waals surface area contributed by atoms with E-state index in [1.807, 2.05) is 36.6 Å². The van der Waals surface area contributed by atoms with Gasteiger partial charge in [0.05, 0.1) is 37.7 Å². The van der Waals surface area contributed by atoms with E-state index in [1.54, 1.807) is 13.2 Å². The number of ether oxygens (including phenoxy) is 3. The molecule has 0 amide bonds. The summed E-state index contributed by atoms with van der Waals surface area (Å²) < 4.78 is 16.0. The molecular formula is C21H22N4O5S. The number of nitro groups is 1. The minimum absolute atomic E-state index is 0.113. The highest BCUT2D eigenvalue weighted by atomic mass is 32.1. The van der Waals surface area contributed by atoms with E-state index in [-0.39, 0.29) is 17.2 Å². The van der Waals surface area contributed by atoms with Gasteiger partial charge in [-0.25, -0.2) is 4.98 Å². The Kier molecular flexibility index (Phi) is 7.39. The van der Waals surface area contributed by atoms with E-state index in [4.69, 9.17) is 14.2 Å². The molecule has 10 heteroatoms. The molecule has 0 saturated carbocycles. The first kappa shape index (κ1) is 22.0. The number of benzene rings is 2. The fourth-order valence-corrected chi connectivity index (χ4v) is 3.39. The predicted molar refractivity (Wildman–Crippen MR) is 121 cm³/mol. The molecule has 3 rings (SSSR count). The summed E-state index contributed by atoms with van der Waals surface area (Å²) in [5.41, 5.74) is 4.88. The summed E-state index contributed by atoms with van der Waals surface area (Å²) in [5, 5.41) is 18.1. The van der Waals surface area contributed by atoms with Crippen molar-refractivity contribution in [1.29, 1.82) is 0 Å². The molecule has 1 aromatic heterocycles. The number of methoxy groups -OCH3 is 2. The van der Waals surface area contributed by atoms with Crippen molar-refractivity contribution in [1.82, 2.24) is 4.98 Å². The van der Waals surface area contributed by atoms with Crippen molar-refractivity contribution in [2.24, 2.45) is 5.10 Å². The summed E-state index contributed by atoms with van der Waals surface area (Å²) in [6, 6.07) is 10.6. The number of hydrazone groups is 1. The number of nitrogens with one attached hydrogen (secondary N) is 1. The van der Waals surface area contributed by atoms with Gasteiger partial charge in [0.25, 0.3) is 0 Å². The zero-order valence-corrected chi connectivity index (χ0v) is 18.1. The standard InChI is InChI=1S/C21H22N4O5S/c1-4-8-30-20-18(25(26)27)9-14(10-19(20)29-3)12-22-24-21-23-17(13-31-21)15-6-5-7-16(11-15)28-2/h5-7,9-13H,4,8H2,1-3H3,(H,23,24)/b22-12-. The summed E-state index contributed by atoms with van der Waals surface area (Å²) in [4.78, 5) is 15.5. The molecule has 3 aromatic rings. The molecule has 162 valence electrons. The van der Waals surface area contributed by atoms with E-state index in [9.17, 15) is 10.1 Å². The zero-order chi connectivity index (χ0) is 22.2. The summed E-state index contributed by atoms with van der Waals surface area (Å²) in [5.74, 6) is 1.14. The van der Waals surface area contributed by atoms with Gasteiger partial charge in [-0.1, -0.05) is 19.1 Å². The molecule has 2 aromatic carbocycles. The Morgan fingerprint density at radius 3 is 2.81 bits per heavy atom. The van der Waals surface area contributed by atoms with Crippen LogP contribution in [0.3, 0.4) is 0 Å². The van der Waals surface area contributed by atoms with E-state index in [2.05, 4.69) is 15.5 Å². The fraction of sp³-hybridized carbons (Fsp3) is 0.238. The van der Waals surface area contributed by atoms with Crippen molar-refractivity contribution in [3.8, 4) is 28.5 Å². The first-order valence-electron chi connectivity index (χ1n) is 9.44. The SMILES string of the molecule is CCCOc1c(OC)cc(/C=N\Nc2nc(-c3cccc(OC)c3)cs2)cc1[N+](=O)[O-]. The maximum Gasteiger partial charge on any atom is 0.315 e. The monoisotopic (exact) mass is 442 g/mol. The van der Waals surface area contributed by atoms with Crippen LogP contribution in [0.4, 0.5) is 10.8 Å². The lowest BCUT2D eigenvalue weighted by Crippen LogP contribution is -2.03. The van der Waals surface area contributed by atoms with Gasteiger partial charge < -0.3 is 14.2 Å². The summed E-state index contributed by atoms with van der Waals surface area (Å²) in [6.07, 6.45) is 2.19. The molecule has 9 nitrogen and oxygen atoms in total. The lowest BCUT2D eigenvalue weighted by molar-refractivity contribution is -0.386. The lowest BCUT2D eigenvalue weighted by atomic mass is 10.2. The average molecular weight is 442 g/mol. The van der Waals surface area contributed by atoms with Crippen LogP contribution in [0.1, 0.15) is 18.9 Å². The predicted octanol–water partition coefficient (Wildman–Crippen LogP) is 4.97. The lowest BCUT2D eigenvalue weighted by Gasteiger charge is -2.11. The quantitative estimate of drug-likeness (QED) is 0.268. The van der Waals surface area contributed by atoms with Crippen molar-refractivity contribution >= 4 is 28.4 Å². The molecule has 31 heavy (non-hydrogen) atoms. The molecule has 1 N–H and O–H groups in total. The van der Waals surface area contributed by atoms with Crippen LogP contribution in [-0.2, 0) is 0 Å². The third-order valence-corrected chi connectivity index (χ3v) is 4.92. The second-order valence-corrected chi connectivity index (χ2v) is 7.17. The highest BCUT2D eigenvalue weighted by Crippen LogP contribution is 2.38. The third kappa shape index (κ3) is 5.48. The first-order valence-corrected chi connectivity index (χ1v) is 10.3. The van der Waals surface area contributed by atoms with Crippen LogP contribution in [0.2, 0.25) is 0 Å². The van der Waals surface area contributed by atoms with Crippen LogP contribution >= 0.6 is 11.3 Å². The van der Waals surface area contributed by atoms with Gasteiger partial charge >= 0.3 is 5.69 Å². The van der Waals surface area contributed by atoms with Gasteiger partial charge in [-0.3, -0.25) is 15.5 Å². The second kappa shape index (κ2) is 10.4. The summed E-state index contributed by atoms with van der Waals surface area (Å²) >= 11 is 1.39. The Labute approximate surface area is 183 Å². The van der Waals surface area contributed by atoms with Gasteiger partial charge in [0.15, 0.2) is 5.75 Å². The highest BCUT2D eigenvalue weighted by Gasteiger charge is 2.22. The highest BCUT2D eigenvalue weighted by molar-refractivity contribution is 7.14. The fourth-order valence-electron chi connectivity index (χ4n) is 2.72. The Morgan fingerprint density at radius 1 is 1.26 bits per heavy atom. The van der Waals surface area contributed by atoms with E-state index in [1.165, 1.54) is 30.7 Å². The van der Waals surface area contributed by atoms with Gasteiger partial charge in [-0.15, -0.1) is 11.3 Å². The summed E-state index contributed by atoms with van der Waals surface area (Å²) in [7, 11) is 3.05. The molecule has 0 spiro atoms. The zero-order valence-electron chi connectivity index (χ0n) is 17.3.